The van der Waals surface area contributed by atoms with Crippen LogP contribution in [0, 0.1) is 0 Å². The van der Waals surface area contributed by atoms with Gasteiger partial charge in [-0.3, -0.25) is 0 Å². The number of nitrogens with one attached hydrogen (secondary N) is 2. The summed E-state index contributed by atoms with van der Waals surface area (Å²) in [4.78, 5) is 12.4. The van der Waals surface area contributed by atoms with Crippen molar-refractivity contribution in [2.24, 2.45) is 0 Å². The zero-order valence-electron chi connectivity index (χ0n) is 16.6. The highest BCUT2D eigenvalue weighted by Gasteiger charge is 2.18. The Morgan fingerprint density at radius 1 is 0.733 bits per heavy atom. The molecule has 9 nitrogen and oxygen atoms in total. The van der Waals surface area contributed by atoms with Gasteiger partial charge in [0.2, 0.25) is 0 Å². The van der Waals surface area contributed by atoms with Crippen LogP contribution in [0.25, 0.3) is 0 Å². The van der Waals surface area contributed by atoms with E-state index in [9.17, 15) is 21.6 Å². The maximum absolute atomic E-state index is 12.4. The lowest BCUT2D eigenvalue weighted by molar-refractivity contribution is 0.262. The summed E-state index contributed by atoms with van der Waals surface area (Å²) in [5.74, 6) is -0.387. The third kappa shape index (κ3) is 7.23. The number of benzene rings is 2. The second-order valence-corrected chi connectivity index (χ2v) is 9.64. The molecule has 2 aromatic carbocycles. The zero-order valence-corrected chi connectivity index (χ0v) is 18.3. The van der Waals surface area contributed by atoms with E-state index < -0.39 is 26.3 Å². The molecule has 0 unspecified atom stereocenters. The number of urea groups is 1. The molecular formula is C19H24N2O7S2. The van der Waals surface area contributed by atoms with Crippen molar-refractivity contribution in [1.82, 2.24) is 0 Å². The van der Waals surface area contributed by atoms with Crippen LogP contribution in [-0.2, 0) is 20.2 Å². The molecule has 0 atom stereocenters. The van der Waals surface area contributed by atoms with E-state index in [1.165, 1.54) is 24.3 Å². The number of hydrogen-bond donors (Lipinski definition) is 2. The molecule has 0 heterocycles. The van der Waals surface area contributed by atoms with Crippen LogP contribution in [0.1, 0.15) is 26.7 Å². The van der Waals surface area contributed by atoms with Crippen LogP contribution in [-0.4, -0.2) is 34.4 Å². The number of hydrogen-bond acceptors (Lipinski definition) is 7. The number of carbonyl (C=O) groups excluding carboxylic acids is 1. The summed E-state index contributed by atoms with van der Waals surface area (Å²) in [5, 5.41) is 4.99. The van der Waals surface area contributed by atoms with Gasteiger partial charge >= 0.3 is 26.3 Å². The van der Waals surface area contributed by atoms with Crippen LogP contribution in [0.15, 0.2) is 48.5 Å². The van der Waals surface area contributed by atoms with E-state index in [-0.39, 0.29) is 34.4 Å². The molecule has 2 N–H and O–H groups in total. The van der Waals surface area contributed by atoms with Crippen molar-refractivity contribution in [2.75, 3.05) is 22.1 Å². The van der Waals surface area contributed by atoms with Crippen LogP contribution in [0.5, 0.6) is 11.5 Å². The summed E-state index contributed by atoms with van der Waals surface area (Å²) in [6.45, 7) is 3.41. The van der Waals surface area contributed by atoms with Gasteiger partial charge in [-0.25, -0.2) is 4.79 Å². The van der Waals surface area contributed by atoms with E-state index in [1.807, 2.05) is 0 Å². The molecule has 0 spiro atoms. The predicted molar refractivity (Wildman–Crippen MR) is 115 cm³/mol. The minimum absolute atomic E-state index is 0.0313. The monoisotopic (exact) mass is 456 g/mol. The molecule has 0 fully saturated rings. The van der Waals surface area contributed by atoms with Gasteiger partial charge in [0.1, 0.15) is 0 Å². The van der Waals surface area contributed by atoms with Gasteiger partial charge in [0.25, 0.3) is 0 Å². The molecule has 0 saturated carbocycles. The quantitative estimate of drug-likeness (QED) is 0.523. The van der Waals surface area contributed by atoms with E-state index in [4.69, 9.17) is 8.37 Å². The van der Waals surface area contributed by atoms with Crippen LogP contribution < -0.4 is 19.0 Å². The average molecular weight is 457 g/mol. The Bertz CT molecular complexity index is 998. The van der Waals surface area contributed by atoms with Gasteiger partial charge in [0.05, 0.1) is 22.9 Å². The highest BCUT2D eigenvalue weighted by molar-refractivity contribution is 7.87. The summed E-state index contributed by atoms with van der Waals surface area (Å²) in [6.07, 6.45) is 0.770. The molecule has 0 saturated heterocycles. The van der Waals surface area contributed by atoms with Crippen molar-refractivity contribution in [3.05, 3.63) is 48.5 Å². The SMILES string of the molecule is CCCS(=O)(=O)Oc1ccccc1NC(=O)Nc1ccccc1OS(=O)(=O)CCC. The third-order valence-corrected chi connectivity index (χ3v) is 6.30. The Hall–Kier alpha value is -2.79. The molecule has 2 amide bonds. The maximum atomic E-state index is 12.4. The van der Waals surface area contributed by atoms with Crippen LogP contribution in [0.4, 0.5) is 16.2 Å². The van der Waals surface area contributed by atoms with Crippen molar-refractivity contribution < 1.29 is 30.0 Å². The summed E-state index contributed by atoms with van der Waals surface area (Å²) < 4.78 is 57.9. The Morgan fingerprint density at radius 2 is 1.10 bits per heavy atom. The maximum Gasteiger partial charge on any atom is 0.323 e. The van der Waals surface area contributed by atoms with Gasteiger partial charge in [-0.05, 0) is 37.1 Å². The lowest BCUT2D eigenvalue weighted by atomic mass is 10.3. The topological polar surface area (TPSA) is 128 Å². The Labute approximate surface area is 176 Å². The molecule has 0 radical (unpaired) electrons. The number of para-hydroxylation sites is 4. The number of amides is 2. The molecule has 11 heteroatoms. The van der Waals surface area contributed by atoms with Gasteiger partial charge in [-0.15, -0.1) is 0 Å². The first-order valence-corrected chi connectivity index (χ1v) is 12.4. The minimum atomic E-state index is -3.79. The molecule has 0 aliphatic rings. The Balaban J connectivity index is 2.16. The first-order valence-electron chi connectivity index (χ1n) is 9.26. The van der Waals surface area contributed by atoms with Crippen molar-refractivity contribution in [3.8, 4) is 11.5 Å². The normalized spacial score (nSPS) is 11.5. The summed E-state index contributed by atoms with van der Waals surface area (Å²) in [5.41, 5.74) is 0.262. The highest BCUT2D eigenvalue weighted by atomic mass is 32.2. The second-order valence-electron chi connectivity index (χ2n) is 6.26. The van der Waals surface area contributed by atoms with Crippen LogP contribution in [0.3, 0.4) is 0 Å². The van der Waals surface area contributed by atoms with Crippen molar-refractivity contribution in [3.63, 3.8) is 0 Å². The summed E-state index contributed by atoms with van der Waals surface area (Å²) >= 11 is 0. The second kappa shape index (κ2) is 10.3. The fourth-order valence-corrected chi connectivity index (χ4v) is 4.42. The molecule has 2 aromatic rings. The molecule has 2 rings (SSSR count). The summed E-state index contributed by atoms with van der Waals surface area (Å²) in [7, 11) is -7.59. The van der Waals surface area contributed by atoms with Crippen molar-refractivity contribution >= 4 is 37.6 Å². The zero-order chi connectivity index (χ0) is 22.2. The van der Waals surface area contributed by atoms with Gasteiger partial charge in [0.15, 0.2) is 11.5 Å². The lowest BCUT2D eigenvalue weighted by Crippen LogP contribution is -2.22. The molecule has 164 valence electrons. The van der Waals surface area contributed by atoms with Gasteiger partial charge in [-0.2, -0.15) is 16.8 Å². The molecule has 0 aliphatic carbocycles. The Kier molecular flexibility index (Phi) is 8.07. The van der Waals surface area contributed by atoms with E-state index in [2.05, 4.69) is 10.6 Å². The number of carbonyl (C=O) groups is 1. The smallest absolute Gasteiger partial charge is 0.323 e. The van der Waals surface area contributed by atoms with Crippen molar-refractivity contribution in [1.29, 1.82) is 0 Å². The number of anilines is 2. The molecule has 0 bridgehead atoms. The Morgan fingerprint density at radius 3 is 1.47 bits per heavy atom. The average Bonchev–Trinajstić information content (AvgIpc) is 2.64. The van der Waals surface area contributed by atoms with Gasteiger partial charge < -0.3 is 19.0 Å². The minimum Gasteiger partial charge on any atom is -0.380 e. The van der Waals surface area contributed by atoms with Crippen LogP contribution >= 0.6 is 0 Å². The van der Waals surface area contributed by atoms with Crippen LogP contribution in [0.2, 0.25) is 0 Å². The van der Waals surface area contributed by atoms with Gasteiger partial charge in [0, 0.05) is 0 Å². The first kappa shape index (κ1) is 23.5. The van der Waals surface area contributed by atoms with E-state index >= 15 is 0 Å². The fourth-order valence-electron chi connectivity index (χ4n) is 2.42. The molecule has 30 heavy (non-hydrogen) atoms. The summed E-state index contributed by atoms with van der Waals surface area (Å²) in [6, 6.07) is 11.4. The third-order valence-electron chi connectivity index (χ3n) is 3.61. The van der Waals surface area contributed by atoms with E-state index in [1.54, 1.807) is 38.1 Å². The predicted octanol–water partition coefficient (Wildman–Crippen LogP) is 3.57. The largest absolute Gasteiger partial charge is 0.380 e. The van der Waals surface area contributed by atoms with Gasteiger partial charge in [-0.1, -0.05) is 38.1 Å². The molecule has 0 aromatic heterocycles. The van der Waals surface area contributed by atoms with Crippen molar-refractivity contribution in [2.45, 2.75) is 26.7 Å². The number of rotatable bonds is 10. The molecule has 0 aliphatic heterocycles. The van der Waals surface area contributed by atoms with E-state index in [0.717, 1.165) is 0 Å². The van der Waals surface area contributed by atoms with E-state index in [0.29, 0.717) is 12.8 Å². The fraction of sp³-hybridized carbons (Fsp3) is 0.316. The highest BCUT2D eigenvalue weighted by Crippen LogP contribution is 2.28. The lowest BCUT2D eigenvalue weighted by Gasteiger charge is -2.14. The molecular weight excluding hydrogens is 432 g/mol. The first-order chi connectivity index (χ1) is 14.2. The standard InChI is InChI=1S/C19H24N2O7S2/c1-3-13-29(23,24)27-17-11-7-5-9-15(17)20-19(22)21-16-10-6-8-12-18(16)28-30(25,26)14-4-2/h5-12H,3-4,13-14H2,1-2H3,(H2,20,21,22).